The Balaban J connectivity index is 2.19. The van der Waals surface area contributed by atoms with E-state index >= 15 is 0 Å². The Morgan fingerprint density at radius 1 is 1.06 bits per heavy atom. The summed E-state index contributed by atoms with van der Waals surface area (Å²) in [5.41, 5.74) is 0. The minimum atomic E-state index is 0.00373. The van der Waals surface area contributed by atoms with Gasteiger partial charge < -0.3 is 5.11 Å². The number of hydrogen-bond acceptors (Lipinski definition) is 1. The van der Waals surface area contributed by atoms with Crippen LogP contribution in [0.25, 0.3) is 0 Å². The normalized spacial score (nSPS) is 30.2. The van der Waals surface area contributed by atoms with Gasteiger partial charge in [-0.3, -0.25) is 0 Å². The molecule has 0 spiro atoms. The van der Waals surface area contributed by atoms with E-state index in [-0.39, 0.29) is 6.10 Å². The van der Waals surface area contributed by atoms with Crippen molar-refractivity contribution in [3.8, 4) is 0 Å². The predicted octanol–water partition coefficient (Wildman–Crippen LogP) is 4.39. The van der Waals surface area contributed by atoms with Gasteiger partial charge in [0.15, 0.2) is 0 Å². The van der Waals surface area contributed by atoms with Crippen molar-refractivity contribution in [1.29, 1.82) is 0 Å². The number of rotatable bonds is 7. The van der Waals surface area contributed by atoms with E-state index in [1.807, 2.05) is 0 Å². The second-order valence-corrected chi connectivity index (χ2v) is 6.07. The first-order valence-corrected chi connectivity index (χ1v) is 7.33. The van der Waals surface area contributed by atoms with Crippen LogP contribution in [0, 0.1) is 17.8 Å². The van der Waals surface area contributed by atoms with Gasteiger partial charge in [0, 0.05) is 0 Å². The molecule has 1 heteroatoms. The van der Waals surface area contributed by atoms with Gasteiger partial charge in [0.25, 0.3) is 0 Å². The van der Waals surface area contributed by atoms with Crippen molar-refractivity contribution in [2.75, 3.05) is 0 Å². The Morgan fingerprint density at radius 2 is 1.75 bits per heavy atom. The Kier molecular flexibility index (Phi) is 6.41. The molecule has 96 valence electrons. The first kappa shape index (κ1) is 14.0. The van der Waals surface area contributed by atoms with Gasteiger partial charge in [-0.05, 0) is 43.4 Å². The van der Waals surface area contributed by atoms with Crippen LogP contribution in [-0.4, -0.2) is 11.2 Å². The van der Waals surface area contributed by atoms with Crippen LogP contribution in [0.4, 0.5) is 0 Å². The molecule has 1 nitrogen and oxygen atoms in total. The van der Waals surface area contributed by atoms with Gasteiger partial charge in [0.1, 0.15) is 0 Å². The summed E-state index contributed by atoms with van der Waals surface area (Å²) in [4.78, 5) is 0. The van der Waals surface area contributed by atoms with Crippen molar-refractivity contribution in [3.05, 3.63) is 0 Å². The van der Waals surface area contributed by atoms with Crippen LogP contribution in [0.5, 0.6) is 0 Å². The fourth-order valence-corrected chi connectivity index (χ4v) is 3.17. The molecular formula is C15H30O. The molecule has 1 aliphatic carbocycles. The van der Waals surface area contributed by atoms with Gasteiger partial charge in [-0.25, -0.2) is 0 Å². The molecule has 0 aliphatic heterocycles. The molecule has 0 amide bonds. The number of unbranched alkanes of at least 4 members (excludes halogenated alkanes) is 3. The molecule has 0 aromatic rings. The van der Waals surface area contributed by atoms with E-state index in [1.54, 1.807) is 0 Å². The van der Waals surface area contributed by atoms with E-state index in [1.165, 1.54) is 51.4 Å². The Hall–Kier alpha value is -0.0400. The highest BCUT2D eigenvalue weighted by Gasteiger charge is 2.33. The van der Waals surface area contributed by atoms with Gasteiger partial charge in [0.05, 0.1) is 6.10 Å². The fraction of sp³-hybridized carbons (Fsp3) is 1.00. The maximum Gasteiger partial charge on any atom is 0.0596 e. The summed E-state index contributed by atoms with van der Waals surface area (Å²) in [5.74, 6) is 1.94. The maximum atomic E-state index is 10.3. The van der Waals surface area contributed by atoms with Crippen molar-refractivity contribution in [3.63, 3.8) is 0 Å². The minimum Gasteiger partial charge on any atom is -0.393 e. The number of aliphatic hydroxyl groups is 1. The van der Waals surface area contributed by atoms with Crippen LogP contribution in [0.3, 0.4) is 0 Å². The molecule has 0 aromatic heterocycles. The zero-order chi connectivity index (χ0) is 12.0. The lowest BCUT2D eigenvalue weighted by Crippen LogP contribution is -2.22. The van der Waals surface area contributed by atoms with Gasteiger partial charge >= 0.3 is 0 Å². The average Bonchev–Trinajstić information content (AvgIpc) is 2.56. The second-order valence-electron chi connectivity index (χ2n) is 6.07. The minimum absolute atomic E-state index is 0.00373. The van der Waals surface area contributed by atoms with Crippen molar-refractivity contribution in [2.24, 2.45) is 17.8 Å². The van der Waals surface area contributed by atoms with E-state index in [0.29, 0.717) is 11.8 Å². The zero-order valence-corrected chi connectivity index (χ0v) is 11.4. The number of hydrogen-bond donors (Lipinski definition) is 1. The molecule has 0 heterocycles. The maximum absolute atomic E-state index is 10.3. The van der Waals surface area contributed by atoms with Gasteiger partial charge in [-0.1, -0.05) is 46.5 Å². The topological polar surface area (TPSA) is 20.2 Å². The fourth-order valence-electron chi connectivity index (χ4n) is 3.17. The van der Waals surface area contributed by atoms with Crippen molar-refractivity contribution in [1.82, 2.24) is 0 Å². The first-order valence-electron chi connectivity index (χ1n) is 7.33. The highest BCUT2D eigenvalue weighted by Crippen LogP contribution is 2.37. The molecule has 1 fully saturated rings. The summed E-state index contributed by atoms with van der Waals surface area (Å²) in [7, 11) is 0. The largest absolute Gasteiger partial charge is 0.393 e. The molecule has 1 rings (SSSR count). The second kappa shape index (κ2) is 7.32. The zero-order valence-electron chi connectivity index (χ0n) is 11.4. The van der Waals surface area contributed by atoms with Crippen LogP contribution in [0.2, 0.25) is 0 Å². The third-order valence-corrected chi connectivity index (χ3v) is 4.08. The van der Waals surface area contributed by atoms with Crippen molar-refractivity contribution >= 4 is 0 Å². The summed E-state index contributed by atoms with van der Waals surface area (Å²) in [6.45, 7) is 6.78. The van der Waals surface area contributed by atoms with E-state index < -0.39 is 0 Å². The molecule has 0 aromatic carbocycles. The molecule has 0 saturated heterocycles. The van der Waals surface area contributed by atoms with Gasteiger partial charge in [-0.15, -0.1) is 0 Å². The quantitative estimate of drug-likeness (QED) is 0.638. The molecule has 16 heavy (non-hydrogen) atoms. The van der Waals surface area contributed by atoms with Crippen LogP contribution >= 0.6 is 0 Å². The average molecular weight is 226 g/mol. The SMILES string of the molecule is CCCCCCC1CCC(CC(C)C)C1O. The summed E-state index contributed by atoms with van der Waals surface area (Å²) < 4.78 is 0. The third kappa shape index (κ3) is 4.45. The monoisotopic (exact) mass is 226 g/mol. The molecule has 0 radical (unpaired) electrons. The summed E-state index contributed by atoms with van der Waals surface area (Å²) in [5, 5.41) is 10.3. The molecule has 1 N–H and O–H groups in total. The van der Waals surface area contributed by atoms with Crippen molar-refractivity contribution in [2.45, 2.75) is 78.2 Å². The highest BCUT2D eigenvalue weighted by atomic mass is 16.3. The molecule has 0 bridgehead atoms. The lowest BCUT2D eigenvalue weighted by atomic mass is 9.90. The van der Waals surface area contributed by atoms with E-state index in [4.69, 9.17) is 0 Å². The van der Waals surface area contributed by atoms with E-state index in [2.05, 4.69) is 20.8 Å². The lowest BCUT2D eigenvalue weighted by molar-refractivity contribution is 0.0774. The van der Waals surface area contributed by atoms with Gasteiger partial charge in [0.2, 0.25) is 0 Å². The Morgan fingerprint density at radius 3 is 2.38 bits per heavy atom. The van der Waals surface area contributed by atoms with Crippen LogP contribution in [0.1, 0.15) is 72.1 Å². The van der Waals surface area contributed by atoms with Gasteiger partial charge in [-0.2, -0.15) is 0 Å². The predicted molar refractivity (Wildman–Crippen MR) is 70.4 cm³/mol. The summed E-state index contributed by atoms with van der Waals surface area (Å²) in [6, 6.07) is 0. The van der Waals surface area contributed by atoms with E-state index in [0.717, 1.165) is 5.92 Å². The Labute approximate surface area is 102 Å². The Bertz CT molecular complexity index is 176. The van der Waals surface area contributed by atoms with Crippen LogP contribution in [0.15, 0.2) is 0 Å². The van der Waals surface area contributed by atoms with Crippen molar-refractivity contribution < 1.29 is 5.11 Å². The summed E-state index contributed by atoms with van der Waals surface area (Å²) >= 11 is 0. The first-order chi connectivity index (χ1) is 7.65. The standard InChI is InChI=1S/C15H30O/c1-4-5-6-7-8-13-9-10-14(15(13)16)11-12(2)3/h12-16H,4-11H2,1-3H3. The van der Waals surface area contributed by atoms with E-state index in [9.17, 15) is 5.11 Å². The summed E-state index contributed by atoms with van der Waals surface area (Å²) in [6.07, 6.45) is 10.4. The molecule has 3 atom stereocenters. The number of aliphatic hydroxyl groups excluding tert-OH is 1. The van der Waals surface area contributed by atoms with Crippen LogP contribution in [-0.2, 0) is 0 Å². The molecular weight excluding hydrogens is 196 g/mol. The molecule has 1 saturated carbocycles. The molecule has 1 aliphatic rings. The highest BCUT2D eigenvalue weighted by molar-refractivity contribution is 4.84. The van der Waals surface area contributed by atoms with Crippen LogP contribution < -0.4 is 0 Å². The third-order valence-electron chi connectivity index (χ3n) is 4.08. The lowest BCUT2D eigenvalue weighted by Gasteiger charge is -2.21. The molecule has 3 unspecified atom stereocenters. The smallest absolute Gasteiger partial charge is 0.0596 e.